The lowest BCUT2D eigenvalue weighted by Crippen LogP contribution is -2.27. The number of rotatable bonds is 9. The quantitative estimate of drug-likeness (QED) is 0.218. The summed E-state index contributed by atoms with van der Waals surface area (Å²) in [5.41, 5.74) is 5.92. The zero-order valence-corrected chi connectivity index (χ0v) is 21.7. The number of amides is 1. The first-order valence-electron chi connectivity index (χ1n) is 12.8. The van der Waals surface area contributed by atoms with Gasteiger partial charge >= 0.3 is 0 Å². The van der Waals surface area contributed by atoms with Crippen LogP contribution in [0.25, 0.3) is 10.9 Å². The summed E-state index contributed by atoms with van der Waals surface area (Å²) in [7, 11) is 2.05. The second-order valence-electron chi connectivity index (χ2n) is 9.53. The van der Waals surface area contributed by atoms with E-state index in [-0.39, 0.29) is 17.7 Å². The summed E-state index contributed by atoms with van der Waals surface area (Å²) in [5, 5.41) is 5.08. The zero-order chi connectivity index (χ0) is 25.6. The van der Waals surface area contributed by atoms with Crippen molar-refractivity contribution in [1.29, 1.82) is 0 Å². The summed E-state index contributed by atoms with van der Waals surface area (Å²) in [6.45, 7) is 0.607. The van der Waals surface area contributed by atoms with E-state index in [4.69, 9.17) is 11.6 Å². The Morgan fingerprint density at radius 2 is 1.32 bits per heavy atom. The molecular formula is C33H31ClN2O. The Morgan fingerprint density at radius 3 is 1.97 bits per heavy atom. The third-order valence-electron chi connectivity index (χ3n) is 7.12. The first-order chi connectivity index (χ1) is 18.1. The molecular weight excluding hydrogens is 476 g/mol. The van der Waals surface area contributed by atoms with Crippen molar-refractivity contribution in [2.45, 2.75) is 24.7 Å². The molecule has 1 heterocycles. The Labute approximate surface area is 223 Å². The number of para-hydroxylation sites is 1. The Balaban J connectivity index is 1.34. The molecule has 5 rings (SSSR count). The van der Waals surface area contributed by atoms with Crippen LogP contribution in [-0.4, -0.2) is 17.0 Å². The molecule has 1 atom stereocenters. The predicted octanol–water partition coefficient (Wildman–Crippen LogP) is 7.69. The number of nitrogens with one attached hydrogen (secondary N) is 1. The molecule has 3 nitrogen and oxygen atoms in total. The molecule has 4 aromatic carbocycles. The van der Waals surface area contributed by atoms with Gasteiger partial charge < -0.3 is 9.88 Å². The van der Waals surface area contributed by atoms with Crippen molar-refractivity contribution in [2.75, 3.05) is 6.54 Å². The third kappa shape index (κ3) is 5.79. The fraction of sp³-hybridized carbons (Fsp3) is 0.182. The van der Waals surface area contributed by atoms with Crippen molar-refractivity contribution in [3.05, 3.63) is 143 Å². The van der Waals surface area contributed by atoms with Crippen molar-refractivity contribution >= 4 is 28.4 Å². The molecule has 1 amide bonds. The lowest BCUT2D eigenvalue weighted by atomic mass is 9.87. The number of fused-ring (bicyclic) bond motifs is 1. The van der Waals surface area contributed by atoms with Gasteiger partial charge in [0.2, 0.25) is 5.91 Å². The van der Waals surface area contributed by atoms with Gasteiger partial charge in [0.1, 0.15) is 0 Å². The van der Waals surface area contributed by atoms with Gasteiger partial charge in [0.25, 0.3) is 0 Å². The molecule has 186 valence electrons. The van der Waals surface area contributed by atoms with E-state index in [1.165, 1.54) is 16.5 Å². The van der Waals surface area contributed by atoms with Gasteiger partial charge in [-0.2, -0.15) is 0 Å². The van der Waals surface area contributed by atoms with E-state index in [0.29, 0.717) is 18.0 Å². The van der Waals surface area contributed by atoms with E-state index >= 15 is 0 Å². The Hall–Kier alpha value is -3.82. The topological polar surface area (TPSA) is 34.0 Å². The van der Waals surface area contributed by atoms with Crippen LogP contribution >= 0.6 is 11.6 Å². The fourth-order valence-corrected chi connectivity index (χ4v) is 5.39. The minimum Gasteiger partial charge on any atom is -0.356 e. The molecule has 1 N–H and O–H groups in total. The van der Waals surface area contributed by atoms with Crippen LogP contribution in [0, 0.1) is 0 Å². The fourth-order valence-electron chi connectivity index (χ4n) is 5.26. The second-order valence-corrected chi connectivity index (χ2v) is 9.97. The van der Waals surface area contributed by atoms with Crippen LogP contribution in [0.5, 0.6) is 0 Å². The highest BCUT2D eigenvalue weighted by atomic mass is 35.5. The largest absolute Gasteiger partial charge is 0.356 e. The lowest BCUT2D eigenvalue weighted by Gasteiger charge is -2.20. The molecule has 0 bridgehead atoms. The molecule has 0 spiro atoms. The highest BCUT2D eigenvalue weighted by Crippen LogP contribution is 2.35. The van der Waals surface area contributed by atoms with Gasteiger partial charge in [-0.25, -0.2) is 0 Å². The monoisotopic (exact) mass is 506 g/mol. The molecule has 0 aliphatic heterocycles. The summed E-state index contributed by atoms with van der Waals surface area (Å²) in [5.74, 6) is 0.211. The van der Waals surface area contributed by atoms with Gasteiger partial charge in [0.05, 0.1) is 0 Å². The van der Waals surface area contributed by atoms with E-state index in [1.54, 1.807) is 0 Å². The average Bonchev–Trinajstić information content (AvgIpc) is 3.27. The number of hydrogen-bond acceptors (Lipinski definition) is 1. The lowest BCUT2D eigenvalue weighted by molar-refractivity contribution is -0.121. The van der Waals surface area contributed by atoms with E-state index in [1.807, 2.05) is 42.5 Å². The zero-order valence-electron chi connectivity index (χ0n) is 21.0. The Bertz CT molecular complexity index is 1420. The number of carbonyl (C=O) groups is 1. The average molecular weight is 507 g/mol. The normalized spacial score (nSPS) is 12.1. The van der Waals surface area contributed by atoms with E-state index in [2.05, 4.69) is 89.9 Å². The molecule has 5 aromatic rings. The number of halogens is 1. The highest BCUT2D eigenvalue weighted by Gasteiger charge is 2.23. The maximum absolute atomic E-state index is 13.3. The molecule has 0 saturated heterocycles. The molecule has 0 unspecified atom stereocenters. The van der Waals surface area contributed by atoms with Crippen LogP contribution in [-0.2, 0) is 11.8 Å². The number of aryl methyl sites for hydroxylation is 1. The molecule has 0 fully saturated rings. The van der Waals surface area contributed by atoms with Gasteiger partial charge in [0.15, 0.2) is 0 Å². The van der Waals surface area contributed by atoms with Crippen LogP contribution in [0.1, 0.15) is 46.9 Å². The highest BCUT2D eigenvalue weighted by molar-refractivity contribution is 6.30. The molecule has 0 aliphatic rings. The smallest absolute Gasteiger partial charge is 0.220 e. The van der Waals surface area contributed by atoms with E-state index < -0.39 is 0 Å². The SMILES string of the molecule is Cn1cc([C@H](CC(=O)NCCC(c2ccccc2)c2ccccc2)c2ccc(Cl)cc2)c2ccccc21. The van der Waals surface area contributed by atoms with Gasteiger partial charge in [-0.05, 0) is 46.9 Å². The minimum absolute atomic E-state index is 0.0488. The van der Waals surface area contributed by atoms with Gasteiger partial charge in [-0.15, -0.1) is 0 Å². The molecule has 4 heteroatoms. The molecule has 1 aromatic heterocycles. The molecule has 0 saturated carbocycles. The number of nitrogens with zero attached hydrogens (tertiary/aromatic N) is 1. The van der Waals surface area contributed by atoms with Gasteiger partial charge in [-0.3, -0.25) is 4.79 Å². The van der Waals surface area contributed by atoms with E-state index in [0.717, 1.165) is 23.1 Å². The Kier molecular flexibility index (Phi) is 7.72. The number of hydrogen-bond donors (Lipinski definition) is 1. The summed E-state index contributed by atoms with van der Waals surface area (Å²) >= 11 is 6.18. The number of benzene rings is 4. The number of aromatic nitrogens is 1. The van der Waals surface area contributed by atoms with Crippen molar-refractivity contribution in [2.24, 2.45) is 7.05 Å². The minimum atomic E-state index is -0.0672. The summed E-state index contributed by atoms with van der Waals surface area (Å²) in [6, 6.07) is 37.2. The van der Waals surface area contributed by atoms with Crippen molar-refractivity contribution in [3.8, 4) is 0 Å². The first kappa shape index (κ1) is 24.9. The molecule has 37 heavy (non-hydrogen) atoms. The standard InChI is InChI=1S/C33H31ClN2O/c1-36-23-31(29-14-8-9-15-32(29)36)30(26-16-18-27(34)19-17-26)22-33(37)35-21-20-28(24-10-4-2-5-11-24)25-12-6-3-7-13-25/h2-19,23,28,30H,20-22H2,1H3,(H,35,37)/t30-/m1/s1. The van der Waals surface area contributed by atoms with Gasteiger partial charge in [0, 0.05) is 54.0 Å². The third-order valence-corrected chi connectivity index (χ3v) is 7.38. The number of carbonyl (C=O) groups excluding carboxylic acids is 1. The van der Waals surface area contributed by atoms with Crippen LogP contribution in [0.15, 0.2) is 115 Å². The maximum Gasteiger partial charge on any atom is 0.220 e. The van der Waals surface area contributed by atoms with Gasteiger partial charge in [-0.1, -0.05) is 103 Å². The Morgan fingerprint density at radius 1 is 0.757 bits per heavy atom. The second kappa shape index (κ2) is 11.5. The predicted molar refractivity (Wildman–Crippen MR) is 153 cm³/mol. The van der Waals surface area contributed by atoms with Crippen LogP contribution < -0.4 is 5.32 Å². The maximum atomic E-state index is 13.3. The summed E-state index contributed by atoms with van der Waals surface area (Å²) in [4.78, 5) is 13.3. The molecule has 0 radical (unpaired) electrons. The van der Waals surface area contributed by atoms with Crippen LogP contribution in [0.4, 0.5) is 0 Å². The van der Waals surface area contributed by atoms with Crippen LogP contribution in [0.3, 0.4) is 0 Å². The van der Waals surface area contributed by atoms with E-state index in [9.17, 15) is 4.79 Å². The summed E-state index contributed by atoms with van der Waals surface area (Å²) < 4.78 is 2.13. The van der Waals surface area contributed by atoms with Crippen molar-refractivity contribution < 1.29 is 4.79 Å². The van der Waals surface area contributed by atoms with Crippen molar-refractivity contribution in [1.82, 2.24) is 9.88 Å². The molecule has 0 aliphatic carbocycles. The summed E-state index contributed by atoms with van der Waals surface area (Å²) in [6.07, 6.45) is 3.36. The first-order valence-corrected chi connectivity index (χ1v) is 13.1. The van der Waals surface area contributed by atoms with Crippen LogP contribution in [0.2, 0.25) is 5.02 Å². The van der Waals surface area contributed by atoms with Crippen molar-refractivity contribution in [3.63, 3.8) is 0 Å².